The zero-order chi connectivity index (χ0) is 70.3. The molecule has 24 nitrogen and oxygen atoms in total. The van der Waals surface area contributed by atoms with E-state index in [2.05, 4.69) is 48.3 Å². The van der Waals surface area contributed by atoms with Gasteiger partial charge in [0, 0.05) is 84.3 Å². The van der Waals surface area contributed by atoms with Gasteiger partial charge in [-0.3, -0.25) is 38.5 Å². The van der Waals surface area contributed by atoms with Gasteiger partial charge in [0.15, 0.2) is 0 Å². The molecule has 1 saturated heterocycles. The molecule has 30 heteroatoms. The van der Waals surface area contributed by atoms with Gasteiger partial charge in [0.25, 0.3) is 11.8 Å². The number of para-hydroxylation sites is 1. The lowest BCUT2D eigenvalue weighted by molar-refractivity contribution is -0.926. The number of carboxylic acids is 1. The monoisotopic (exact) mass is 1400 g/mol. The van der Waals surface area contributed by atoms with E-state index in [1.165, 1.54) is 54.2 Å². The van der Waals surface area contributed by atoms with Gasteiger partial charge in [-0.05, 0) is 84.4 Å². The summed E-state index contributed by atoms with van der Waals surface area (Å²) in [5, 5.41) is 26.8. The topological polar surface area (TPSA) is 301 Å². The number of carbonyl (C=O) groups excluding carboxylic acids is 6. The molecule has 0 bridgehead atoms. The Balaban J connectivity index is 0.797. The third-order valence-electron chi connectivity index (χ3n) is 17.0. The fourth-order valence-electron chi connectivity index (χ4n) is 11.5. The lowest BCUT2D eigenvalue weighted by Gasteiger charge is -2.42. The maximum absolute atomic E-state index is 14.4. The number of nitrogens with one attached hydrogen (secondary N) is 4. The Hall–Kier alpha value is -9.29. The van der Waals surface area contributed by atoms with E-state index in [1.54, 1.807) is 62.4 Å². The molecular weight excluding hydrogens is 1320 g/mol. The van der Waals surface area contributed by atoms with Crippen LogP contribution in [0.1, 0.15) is 63.3 Å². The van der Waals surface area contributed by atoms with Crippen LogP contribution in [-0.2, 0) is 64.4 Å². The first-order valence-electron chi connectivity index (χ1n) is 31.9. The average Bonchev–Trinajstić information content (AvgIpc) is 1.56. The summed E-state index contributed by atoms with van der Waals surface area (Å²) in [5.74, 6) is -4.34. The lowest BCUT2D eigenvalue weighted by atomic mass is 9.92. The molecule has 2 unspecified atom stereocenters. The van der Waals surface area contributed by atoms with Gasteiger partial charge in [0.1, 0.15) is 66.9 Å². The molecule has 2 aromatic carbocycles. The molecule has 2 aliphatic carbocycles. The smallest absolute Gasteiger partial charge is 0.408 e. The fraction of sp³-hybridized carbons (Fsp3) is 0.412. The second-order valence-electron chi connectivity index (χ2n) is 24.6. The molecule has 2 aliphatic heterocycles. The Morgan fingerprint density at radius 3 is 2.34 bits per heavy atom. The van der Waals surface area contributed by atoms with Crippen LogP contribution in [0.3, 0.4) is 0 Å². The lowest BCUT2D eigenvalue weighted by Crippen LogP contribution is -2.57. The number of aromatic nitrogens is 4. The van der Waals surface area contributed by atoms with Crippen LogP contribution in [0.15, 0.2) is 126 Å². The zero-order valence-corrected chi connectivity index (χ0v) is 56.0. The van der Waals surface area contributed by atoms with Crippen molar-refractivity contribution in [3.05, 3.63) is 153 Å². The first kappa shape index (κ1) is 73.0. The van der Waals surface area contributed by atoms with E-state index in [0.29, 0.717) is 63.6 Å². The summed E-state index contributed by atoms with van der Waals surface area (Å²) in [5.41, 5.74) is 8.86. The van der Waals surface area contributed by atoms with Crippen LogP contribution in [0.4, 0.5) is 28.0 Å². The van der Waals surface area contributed by atoms with Gasteiger partial charge in [0.2, 0.25) is 29.7 Å². The molecule has 9 rings (SSSR count). The number of ether oxygens (including phenoxy) is 4. The number of allylic oxidation sites excluding steroid dienone is 7. The quantitative estimate of drug-likeness (QED) is 0.0125. The van der Waals surface area contributed by atoms with Crippen LogP contribution in [0.5, 0.6) is 11.6 Å². The minimum absolute atomic E-state index is 0.0246. The SMILES string of the molecule is CC1C(Cl)=C(OCCN2CC[N+](C)(Cc3ccc(NC(=O)[C@H](CCCNC(N)=O)NC(=O)C(NC(=O)CCOCCN4C(=O)C=CC4=O)C(C)C)cc3)CC2)C=CC1=c1c(=C2C=CC(F)=CC2)sc2ncnc(O[C@H](Cc3ccccc3OCc3ccnn3CC(F)(F)F)C(=O)O)c12. The third kappa shape index (κ3) is 19.7. The van der Waals surface area contributed by atoms with Crippen molar-refractivity contribution in [2.75, 3.05) is 78.0 Å². The highest BCUT2D eigenvalue weighted by molar-refractivity contribution is 7.16. The minimum Gasteiger partial charge on any atom is -0.491 e. The number of likely N-dealkylation sites (N-methyl/N-ethyl adjacent to an activating group) is 1. The van der Waals surface area contributed by atoms with Gasteiger partial charge in [-0.2, -0.15) is 18.3 Å². The Kier molecular flexibility index (Phi) is 24.8. The second-order valence-corrected chi connectivity index (χ2v) is 26.0. The van der Waals surface area contributed by atoms with Crippen molar-refractivity contribution < 1.29 is 79.7 Å². The molecule has 0 radical (unpaired) electrons. The molecule has 1 fully saturated rings. The standard InChI is InChI=1S/C68H77ClF4N12O12S/c1-41(2)60(81-54(86)24-33-94-34-30-83-55(87)21-22-56(83)88)63(90)80-50(9-7-25-75-67(74)93)62(89)79-47-17-11-43(12-18-47)37-85(4)31-27-82(28-32-85)29-35-95-52-20-19-49(42(3)59(52)69)57-58-64(76-40-77-65(58)98-61(57)44-13-15-46(70)16-14-44)97-53(66(91)92)36-45-8-5-6-10-51(45)96-38-48-23-26-78-84(48)39-68(71,72)73/h5-6,8,10-13,15-23,26,40-42,50,53,60H,7,9,14,24-25,27-39H2,1-4H3,(H6-,74,75,79,80,81,86,89,90,91,92,93)/p+1/t42?,50-,53+,60?/m0/s1. The predicted molar refractivity (Wildman–Crippen MR) is 356 cm³/mol. The minimum atomic E-state index is -4.52. The summed E-state index contributed by atoms with van der Waals surface area (Å²) in [6, 6.07) is 12.6. The number of piperazine rings is 1. The summed E-state index contributed by atoms with van der Waals surface area (Å²) in [4.78, 5) is 101. The number of fused-ring (bicyclic) bond motifs is 1. The van der Waals surface area contributed by atoms with E-state index in [9.17, 15) is 56.2 Å². The van der Waals surface area contributed by atoms with E-state index in [-0.39, 0.29) is 81.8 Å². The molecule has 5 aromatic rings. The number of nitrogens with zero attached hydrogens (tertiary/aromatic N) is 7. The number of primary amides is 1. The number of carbonyl (C=O) groups is 7. The maximum Gasteiger partial charge on any atom is 0.408 e. The van der Waals surface area contributed by atoms with E-state index >= 15 is 0 Å². The fourth-order valence-corrected chi connectivity index (χ4v) is 13.0. The number of benzene rings is 2. The van der Waals surface area contributed by atoms with Gasteiger partial charge in [-0.25, -0.2) is 23.9 Å². The van der Waals surface area contributed by atoms with Crippen molar-refractivity contribution in [3.8, 4) is 11.6 Å². The summed E-state index contributed by atoms with van der Waals surface area (Å²) < 4.78 is 80.7. The summed E-state index contributed by atoms with van der Waals surface area (Å²) in [7, 11) is 2.19. The summed E-state index contributed by atoms with van der Waals surface area (Å²) in [6.45, 7) is 8.89. The van der Waals surface area contributed by atoms with Gasteiger partial charge in [0.05, 0.1) is 56.0 Å². The van der Waals surface area contributed by atoms with Crippen molar-refractivity contribution in [2.24, 2.45) is 17.6 Å². The Morgan fingerprint density at radius 2 is 1.64 bits per heavy atom. The molecule has 7 N–H and O–H groups in total. The van der Waals surface area contributed by atoms with Crippen molar-refractivity contribution in [1.82, 2.24) is 45.5 Å². The first-order valence-corrected chi connectivity index (χ1v) is 33.1. The van der Waals surface area contributed by atoms with Crippen LogP contribution >= 0.6 is 22.9 Å². The first-order chi connectivity index (χ1) is 46.8. The number of halogens is 5. The molecule has 4 aliphatic rings. The Bertz CT molecular complexity index is 4050. The van der Waals surface area contributed by atoms with E-state index in [4.69, 9.17) is 36.3 Å². The number of hydrogen-bond acceptors (Lipinski definition) is 16. The molecular formula is C68H78ClF4N12O12S+. The number of aliphatic carboxylic acids is 1. The van der Waals surface area contributed by atoms with E-state index in [1.807, 2.05) is 25.1 Å². The maximum atomic E-state index is 14.4. The second kappa shape index (κ2) is 33.3. The predicted octanol–water partition coefficient (Wildman–Crippen LogP) is 6.20. The molecule has 0 spiro atoms. The highest BCUT2D eigenvalue weighted by Crippen LogP contribution is 2.35. The molecule has 3 aromatic heterocycles. The van der Waals surface area contributed by atoms with Crippen LogP contribution in [0.25, 0.3) is 21.4 Å². The van der Waals surface area contributed by atoms with Gasteiger partial charge >= 0.3 is 18.2 Å². The van der Waals surface area contributed by atoms with Crippen LogP contribution in [0, 0.1) is 11.8 Å². The van der Waals surface area contributed by atoms with Crippen molar-refractivity contribution in [2.45, 2.75) is 96.9 Å². The van der Waals surface area contributed by atoms with E-state index < -0.39 is 84.2 Å². The normalized spacial score (nSPS) is 18.4. The van der Waals surface area contributed by atoms with Crippen LogP contribution in [-0.4, -0.2) is 178 Å². The van der Waals surface area contributed by atoms with Crippen LogP contribution in [0.2, 0.25) is 0 Å². The number of urea groups is 1. The number of quaternary nitrogens is 1. The third-order valence-corrected chi connectivity index (χ3v) is 18.7. The van der Waals surface area contributed by atoms with Crippen molar-refractivity contribution >= 4 is 91.5 Å². The molecule has 0 saturated carbocycles. The number of carboxylic acid groups (broad SMARTS) is 1. The molecule has 4 atom stereocenters. The molecule has 98 heavy (non-hydrogen) atoms. The number of rotatable bonds is 31. The van der Waals surface area contributed by atoms with Crippen molar-refractivity contribution in [1.29, 1.82) is 0 Å². The highest BCUT2D eigenvalue weighted by atomic mass is 35.5. The van der Waals surface area contributed by atoms with Crippen molar-refractivity contribution in [3.63, 3.8) is 0 Å². The van der Waals surface area contributed by atoms with Gasteiger partial charge in [-0.1, -0.05) is 74.9 Å². The number of hydrogen-bond donors (Lipinski definition) is 6. The average molecular weight is 1400 g/mol. The van der Waals surface area contributed by atoms with Gasteiger partial charge in [-0.15, -0.1) is 11.3 Å². The summed E-state index contributed by atoms with van der Waals surface area (Å²) in [6.07, 6.45) is 7.34. The zero-order valence-electron chi connectivity index (χ0n) is 54.5. The number of anilines is 1. The summed E-state index contributed by atoms with van der Waals surface area (Å²) >= 11 is 8.54. The Labute approximate surface area is 571 Å². The molecule has 5 heterocycles. The highest BCUT2D eigenvalue weighted by Gasteiger charge is 2.34. The van der Waals surface area contributed by atoms with E-state index in [0.717, 1.165) is 61.5 Å². The number of imide groups is 1. The molecule has 522 valence electrons. The molecule has 7 amide bonds. The number of nitrogens with two attached hydrogens (primary N) is 1. The van der Waals surface area contributed by atoms with Crippen LogP contribution < -0.4 is 46.2 Å². The van der Waals surface area contributed by atoms with Gasteiger partial charge < -0.3 is 55.5 Å². The number of thiophene rings is 1. The number of alkyl halides is 3. The number of amides is 7. The Morgan fingerprint density at radius 1 is 0.898 bits per heavy atom. The largest absolute Gasteiger partial charge is 0.491 e.